The Kier molecular flexibility index (Phi) is 5.19. The van der Waals surface area contributed by atoms with Crippen LogP contribution in [-0.2, 0) is 5.75 Å². The third-order valence-corrected chi connectivity index (χ3v) is 4.71. The lowest BCUT2D eigenvalue weighted by molar-refractivity contribution is 0.411. The first-order valence-electron chi connectivity index (χ1n) is 5.60. The zero-order valence-electron chi connectivity index (χ0n) is 10.3. The Bertz CT molecular complexity index is 590. The SMILES string of the molecule is COc1ccc(Br)cc1CSc1cc(Br)ccc1N. The largest absolute Gasteiger partial charge is 0.496 e. The molecule has 2 aromatic rings. The fraction of sp³-hybridized carbons (Fsp3) is 0.143. The van der Waals surface area contributed by atoms with Gasteiger partial charge >= 0.3 is 0 Å². The van der Waals surface area contributed by atoms with Crippen molar-refractivity contribution in [2.45, 2.75) is 10.6 Å². The molecule has 0 fully saturated rings. The Morgan fingerprint density at radius 1 is 1.11 bits per heavy atom. The van der Waals surface area contributed by atoms with Crippen LogP contribution in [0.25, 0.3) is 0 Å². The van der Waals surface area contributed by atoms with Crippen LogP contribution in [0.3, 0.4) is 0 Å². The van der Waals surface area contributed by atoms with Crippen LogP contribution in [0.2, 0.25) is 0 Å². The van der Waals surface area contributed by atoms with Gasteiger partial charge in [0.15, 0.2) is 0 Å². The van der Waals surface area contributed by atoms with Gasteiger partial charge in [0.2, 0.25) is 0 Å². The first kappa shape index (κ1) is 14.8. The van der Waals surface area contributed by atoms with Gasteiger partial charge in [0.05, 0.1) is 7.11 Å². The number of ether oxygens (including phenoxy) is 1. The van der Waals surface area contributed by atoms with Crippen LogP contribution >= 0.6 is 43.6 Å². The molecule has 0 aliphatic rings. The van der Waals surface area contributed by atoms with E-state index in [0.29, 0.717) is 0 Å². The fourth-order valence-corrected chi connectivity index (χ4v) is 3.55. The summed E-state index contributed by atoms with van der Waals surface area (Å²) >= 11 is 8.64. The Hall–Kier alpha value is -0.650. The highest BCUT2D eigenvalue weighted by Crippen LogP contribution is 2.34. The molecular formula is C14H13Br2NOS. The van der Waals surface area contributed by atoms with E-state index in [4.69, 9.17) is 10.5 Å². The van der Waals surface area contributed by atoms with Crippen molar-refractivity contribution in [1.82, 2.24) is 0 Å². The number of rotatable bonds is 4. The minimum absolute atomic E-state index is 0.794. The van der Waals surface area contributed by atoms with Gasteiger partial charge in [0, 0.05) is 30.8 Å². The van der Waals surface area contributed by atoms with E-state index in [1.807, 2.05) is 30.3 Å². The van der Waals surface area contributed by atoms with E-state index in [-0.39, 0.29) is 0 Å². The zero-order chi connectivity index (χ0) is 13.8. The smallest absolute Gasteiger partial charge is 0.122 e. The summed E-state index contributed by atoms with van der Waals surface area (Å²) < 4.78 is 7.45. The number of benzene rings is 2. The molecule has 2 rings (SSSR count). The molecule has 100 valence electrons. The maximum atomic E-state index is 5.97. The summed E-state index contributed by atoms with van der Waals surface area (Å²) in [5, 5.41) is 0. The molecule has 0 saturated carbocycles. The quantitative estimate of drug-likeness (QED) is 0.571. The summed E-state index contributed by atoms with van der Waals surface area (Å²) in [6.07, 6.45) is 0. The van der Waals surface area contributed by atoms with Crippen molar-refractivity contribution in [3.63, 3.8) is 0 Å². The van der Waals surface area contributed by atoms with Gasteiger partial charge in [0.25, 0.3) is 0 Å². The molecule has 0 radical (unpaired) electrons. The zero-order valence-corrected chi connectivity index (χ0v) is 14.3. The highest BCUT2D eigenvalue weighted by Gasteiger charge is 2.07. The number of anilines is 1. The lowest BCUT2D eigenvalue weighted by Gasteiger charge is -2.10. The lowest BCUT2D eigenvalue weighted by Crippen LogP contribution is -1.92. The highest BCUT2D eigenvalue weighted by molar-refractivity contribution is 9.10. The molecule has 0 spiro atoms. The van der Waals surface area contributed by atoms with Gasteiger partial charge in [-0.1, -0.05) is 31.9 Å². The van der Waals surface area contributed by atoms with Gasteiger partial charge < -0.3 is 10.5 Å². The Labute approximate surface area is 134 Å². The Morgan fingerprint density at radius 3 is 2.53 bits per heavy atom. The van der Waals surface area contributed by atoms with Crippen molar-refractivity contribution in [2.75, 3.05) is 12.8 Å². The highest BCUT2D eigenvalue weighted by atomic mass is 79.9. The van der Waals surface area contributed by atoms with E-state index in [1.54, 1.807) is 18.9 Å². The number of thioether (sulfide) groups is 1. The van der Waals surface area contributed by atoms with Gasteiger partial charge in [-0.15, -0.1) is 11.8 Å². The molecule has 0 aromatic heterocycles. The normalized spacial score (nSPS) is 10.5. The monoisotopic (exact) mass is 401 g/mol. The molecule has 5 heteroatoms. The van der Waals surface area contributed by atoms with Crippen LogP contribution in [0.1, 0.15) is 5.56 Å². The lowest BCUT2D eigenvalue weighted by atomic mass is 10.2. The Morgan fingerprint density at radius 2 is 1.79 bits per heavy atom. The molecule has 0 saturated heterocycles. The van der Waals surface area contributed by atoms with Crippen LogP contribution in [0, 0.1) is 0 Å². The van der Waals surface area contributed by atoms with E-state index in [1.165, 1.54) is 0 Å². The minimum Gasteiger partial charge on any atom is -0.496 e. The van der Waals surface area contributed by atoms with E-state index in [0.717, 1.165) is 36.6 Å². The molecule has 2 aromatic carbocycles. The predicted octanol–water partition coefficient (Wildman–Crippen LogP) is 5.09. The van der Waals surface area contributed by atoms with E-state index >= 15 is 0 Å². The molecule has 19 heavy (non-hydrogen) atoms. The molecule has 2 N–H and O–H groups in total. The molecule has 0 atom stereocenters. The fourth-order valence-electron chi connectivity index (χ4n) is 1.65. The summed E-state index contributed by atoms with van der Waals surface area (Å²) in [5.74, 6) is 1.70. The van der Waals surface area contributed by atoms with Crippen LogP contribution < -0.4 is 10.5 Å². The number of nitrogen functional groups attached to an aromatic ring is 1. The average Bonchev–Trinajstić information content (AvgIpc) is 2.40. The van der Waals surface area contributed by atoms with Crippen LogP contribution in [0.5, 0.6) is 5.75 Å². The third kappa shape index (κ3) is 3.91. The second-order valence-electron chi connectivity index (χ2n) is 3.93. The average molecular weight is 403 g/mol. The molecule has 0 unspecified atom stereocenters. The van der Waals surface area contributed by atoms with Crippen molar-refractivity contribution in [3.8, 4) is 5.75 Å². The van der Waals surface area contributed by atoms with E-state index in [2.05, 4.69) is 37.9 Å². The number of nitrogens with two attached hydrogens (primary N) is 1. The van der Waals surface area contributed by atoms with Crippen molar-refractivity contribution >= 4 is 49.3 Å². The van der Waals surface area contributed by atoms with Crippen molar-refractivity contribution in [2.24, 2.45) is 0 Å². The van der Waals surface area contributed by atoms with Gasteiger partial charge in [-0.05, 0) is 36.4 Å². The van der Waals surface area contributed by atoms with Crippen molar-refractivity contribution < 1.29 is 4.74 Å². The molecule has 2 nitrogen and oxygen atoms in total. The number of hydrogen-bond acceptors (Lipinski definition) is 3. The molecule has 0 heterocycles. The predicted molar refractivity (Wildman–Crippen MR) is 88.8 cm³/mol. The number of methoxy groups -OCH3 is 1. The summed E-state index contributed by atoms with van der Waals surface area (Å²) in [6, 6.07) is 11.9. The van der Waals surface area contributed by atoms with E-state index in [9.17, 15) is 0 Å². The van der Waals surface area contributed by atoms with Gasteiger partial charge in [-0.2, -0.15) is 0 Å². The van der Waals surface area contributed by atoms with Crippen molar-refractivity contribution in [1.29, 1.82) is 0 Å². The van der Waals surface area contributed by atoms with Gasteiger partial charge in [0.1, 0.15) is 5.75 Å². The van der Waals surface area contributed by atoms with E-state index < -0.39 is 0 Å². The molecule has 0 amide bonds. The second-order valence-corrected chi connectivity index (χ2v) is 6.78. The van der Waals surface area contributed by atoms with Crippen LogP contribution in [-0.4, -0.2) is 7.11 Å². The van der Waals surface area contributed by atoms with Gasteiger partial charge in [-0.25, -0.2) is 0 Å². The molecule has 0 aliphatic carbocycles. The third-order valence-electron chi connectivity index (χ3n) is 2.60. The first-order valence-corrected chi connectivity index (χ1v) is 8.17. The minimum atomic E-state index is 0.794. The maximum Gasteiger partial charge on any atom is 0.122 e. The molecular weight excluding hydrogens is 390 g/mol. The molecule has 0 bridgehead atoms. The summed E-state index contributed by atoms with van der Waals surface area (Å²) in [6.45, 7) is 0. The van der Waals surface area contributed by atoms with Crippen LogP contribution in [0.4, 0.5) is 5.69 Å². The summed E-state index contributed by atoms with van der Waals surface area (Å²) in [5.41, 5.74) is 7.91. The molecule has 0 aliphatic heterocycles. The Balaban J connectivity index is 2.18. The second kappa shape index (κ2) is 6.68. The topological polar surface area (TPSA) is 35.2 Å². The summed E-state index contributed by atoms with van der Waals surface area (Å²) in [4.78, 5) is 1.07. The first-order chi connectivity index (χ1) is 9.10. The van der Waals surface area contributed by atoms with Gasteiger partial charge in [-0.3, -0.25) is 0 Å². The number of halogens is 2. The standard InChI is InChI=1S/C14H13Br2NOS/c1-18-13-5-3-10(15)6-9(13)8-19-14-7-11(16)2-4-12(14)17/h2-7H,8,17H2,1H3. The maximum absolute atomic E-state index is 5.97. The van der Waals surface area contributed by atoms with Crippen molar-refractivity contribution in [3.05, 3.63) is 50.9 Å². The summed E-state index contributed by atoms with van der Waals surface area (Å²) in [7, 11) is 1.69. The number of hydrogen-bond donors (Lipinski definition) is 1. The van der Waals surface area contributed by atoms with Crippen LogP contribution in [0.15, 0.2) is 50.2 Å².